The van der Waals surface area contributed by atoms with Crippen molar-refractivity contribution in [3.63, 3.8) is 0 Å². The van der Waals surface area contributed by atoms with Crippen LogP contribution >= 0.6 is 35.6 Å². The Bertz CT molecular complexity index is 683. The van der Waals surface area contributed by atoms with E-state index >= 15 is 0 Å². The first-order valence-electron chi connectivity index (χ1n) is 8.78. The van der Waals surface area contributed by atoms with Gasteiger partial charge < -0.3 is 24.9 Å². The molecule has 1 heterocycles. The summed E-state index contributed by atoms with van der Waals surface area (Å²) in [7, 11) is 0. The highest BCUT2D eigenvalue weighted by atomic mass is 127. The number of nitrogens with zero attached hydrogens (tertiary/aromatic N) is 1. The predicted molar refractivity (Wildman–Crippen MR) is 119 cm³/mol. The Morgan fingerprint density at radius 2 is 2.00 bits per heavy atom. The molecule has 1 aromatic carbocycles. The molecular weight excluding hydrogens is 481 g/mol. The molecule has 0 aliphatic rings. The standard InChI is InChI=1S/C19H26ClN3O3.HI/c1-3-14(26-17-9-6-5-8-15(17)20)12-22-19(21-4-2)23-13-16(24)18-10-7-11-25-18;/h5-11,14,16,24H,3-4,12-13H2,1-2H3,(H2,21,22,23);1H. The highest BCUT2D eigenvalue weighted by Gasteiger charge is 2.13. The molecule has 6 nitrogen and oxygen atoms in total. The van der Waals surface area contributed by atoms with Crippen LogP contribution in [0.4, 0.5) is 0 Å². The Labute approximate surface area is 182 Å². The molecule has 0 saturated heterocycles. The SMILES string of the molecule is CCNC(=NCC(O)c1ccco1)NCC(CC)Oc1ccccc1Cl.I. The first-order valence-corrected chi connectivity index (χ1v) is 9.16. The molecule has 2 atom stereocenters. The molecule has 8 heteroatoms. The number of para-hydroxylation sites is 1. The fourth-order valence-electron chi connectivity index (χ4n) is 2.29. The number of aliphatic imine (C=N–C) groups is 1. The van der Waals surface area contributed by atoms with Crippen LogP contribution in [0.3, 0.4) is 0 Å². The minimum atomic E-state index is -0.776. The first kappa shape index (κ1) is 23.6. The van der Waals surface area contributed by atoms with E-state index in [1.807, 2.05) is 32.0 Å². The Morgan fingerprint density at radius 3 is 2.63 bits per heavy atom. The molecule has 1 aromatic heterocycles. The molecule has 0 aliphatic heterocycles. The molecule has 0 radical (unpaired) electrons. The van der Waals surface area contributed by atoms with Crippen molar-refractivity contribution in [3.8, 4) is 5.75 Å². The van der Waals surface area contributed by atoms with Gasteiger partial charge in [-0.05, 0) is 37.6 Å². The number of aliphatic hydroxyl groups excluding tert-OH is 1. The summed E-state index contributed by atoms with van der Waals surface area (Å²) in [6.07, 6.45) is 1.51. The summed E-state index contributed by atoms with van der Waals surface area (Å²) in [4.78, 5) is 4.40. The third kappa shape index (κ3) is 7.98. The van der Waals surface area contributed by atoms with Gasteiger partial charge >= 0.3 is 0 Å². The minimum absolute atomic E-state index is 0. The van der Waals surface area contributed by atoms with Crippen LogP contribution in [0.5, 0.6) is 5.75 Å². The molecule has 0 saturated carbocycles. The zero-order valence-electron chi connectivity index (χ0n) is 15.5. The maximum atomic E-state index is 10.1. The molecule has 0 fully saturated rings. The van der Waals surface area contributed by atoms with Crippen molar-refractivity contribution in [1.82, 2.24) is 10.6 Å². The van der Waals surface area contributed by atoms with Crippen molar-refractivity contribution in [2.75, 3.05) is 19.6 Å². The molecule has 2 unspecified atom stereocenters. The number of halogens is 2. The van der Waals surface area contributed by atoms with Crippen molar-refractivity contribution in [2.45, 2.75) is 32.5 Å². The van der Waals surface area contributed by atoms with Crippen molar-refractivity contribution in [1.29, 1.82) is 0 Å². The summed E-state index contributed by atoms with van der Waals surface area (Å²) in [5.41, 5.74) is 0. The number of ether oxygens (including phenoxy) is 1. The molecule has 0 amide bonds. The lowest BCUT2D eigenvalue weighted by atomic mass is 10.2. The highest BCUT2D eigenvalue weighted by Crippen LogP contribution is 2.24. The van der Waals surface area contributed by atoms with Crippen LogP contribution in [0.15, 0.2) is 52.1 Å². The van der Waals surface area contributed by atoms with Gasteiger partial charge in [0.25, 0.3) is 0 Å². The van der Waals surface area contributed by atoms with Gasteiger partial charge in [-0.15, -0.1) is 24.0 Å². The molecule has 27 heavy (non-hydrogen) atoms. The Morgan fingerprint density at radius 1 is 1.22 bits per heavy atom. The zero-order valence-corrected chi connectivity index (χ0v) is 18.6. The summed E-state index contributed by atoms with van der Waals surface area (Å²) in [5, 5.41) is 17.1. The van der Waals surface area contributed by atoms with Crippen molar-refractivity contribution < 1.29 is 14.3 Å². The summed E-state index contributed by atoms with van der Waals surface area (Å²) in [5.74, 6) is 1.77. The lowest BCUT2D eigenvalue weighted by Gasteiger charge is -2.20. The van der Waals surface area contributed by atoms with Gasteiger partial charge in [-0.25, -0.2) is 0 Å². The maximum absolute atomic E-state index is 10.1. The highest BCUT2D eigenvalue weighted by molar-refractivity contribution is 14.0. The van der Waals surface area contributed by atoms with E-state index < -0.39 is 6.10 Å². The largest absolute Gasteiger partial charge is 0.487 e. The molecule has 0 aliphatic carbocycles. The van der Waals surface area contributed by atoms with Crippen LogP contribution < -0.4 is 15.4 Å². The Kier molecular flexibility index (Phi) is 11.2. The summed E-state index contributed by atoms with van der Waals surface area (Å²) < 4.78 is 11.2. The summed E-state index contributed by atoms with van der Waals surface area (Å²) in [6.45, 7) is 5.51. The van der Waals surface area contributed by atoms with Gasteiger partial charge in [0, 0.05) is 6.54 Å². The van der Waals surface area contributed by atoms with Crippen LogP contribution in [0.1, 0.15) is 32.1 Å². The third-order valence-corrected chi connectivity index (χ3v) is 4.03. The van der Waals surface area contributed by atoms with Crippen LogP contribution in [-0.4, -0.2) is 36.8 Å². The third-order valence-electron chi connectivity index (χ3n) is 3.72. The van der Waals surface area contributed by atoms with Gasteiger partial charge in [0.15, 0.2) is 5.96 Å². The summed E-state index contributed by atoms with van der Waals surface area (Å²) >= 11 is 6.15. The fraction of sp³-hybridized carbons (Fsp3) is 0.421. The number of guanidine groups is 1. The van der Waals surface area contributed by atoms with E-state index in [-0.39, 0.29) is 36.6 Å². The second-order valence-electron chi connectivity index (χ2n) is 5.71. The first-order chi connectivity index (χ1) is 12.6. The molecule has 3 N–H and O–H groups in total. The average Bonchev–Trinajstić information content (AvgIpc) is 3.19. The number of furan rings is 1. The van der Waals surface area contributed by atoms with Crippen LogP contribution in [0.2, 0.25) is 5.02 Å². The smallest absolute Gasteiger partial charge is 0.191 e. The minimum Gasteiger partial charge on any atom is -0.487 e. The van der Waals surface area contributed by atoms with Gasteiger partial charge in [-0.2, -0.15) is 0 Å². The zero-order chi connectivity index (χ0) is 18.8. The number of benzene rings is 1. The number of nitrogens with one attached hydrogen (secondary N) is 2. The fourth-order valence-corrected chi connectivity index (χ4v) is 2.47. The molecule has 2 aromatic rings. The molecule has 150 valence electrons. The van der Waals surface area contributed by atoms with Gasteiger partial charge in [0.1, 0.15) is 23.7 Å². The molecule has 2 rings (SSSR count). The lowest BCUT2D eigenvalue weighted by Crippen LogP contribution is -2.42. The van der Waals surface area contributed by atoms with Crippen molar-refractivity contribution >= 4 is 41.5 Å². The van der Waals surface area contributed by atoms with Crippen LogP contribution in [-0.2, 0) is 0 Å². The quantitative estimate of drug-likeness (QED) is 0.272. The molecule has 0 bridgehead atoms. The second kappa shape index (κ2) is 12.9. The predicted octanol–water partition coefficient (Wildman–Crippen LogP) is 4.00. The van der Waals surface area contributed by atoms with Crippen molar-refractivity contribution in [2.24, 2.45) is 4.99 Å². The molecular formula is C19H27ClIN3O3. The van der Waals surface area contributed by atoms with Gasteiger partial charge in [-0.3, -0.25) is 4.99 Å². The average molecular weight is 508 g/mol. The van der Waals surface area contributed by atoms with Crippen LogP contribution in [0, 0.1) is 0 Å². The van der Waals surface area contributed by atoms with Crippen LogP contribution in [0.25, 0.3) is 0 Å². The number of rotatable bonds is 9. The Hall–Kier alpha value is -1.45. The topological polar surface area (TPSA) is 79.0 Å². The van der Waals surface area contributed by atoms with Gasteiger partial charge in [0.05, 0.1) is 24.4 Å². The summed E-state index contributed by atoms with van der Waals surface area (Å²) in [6, 6.07) is 10.9. The number of hydrogen-bond donors (Lipinski definition) is 3. The van der Waals surface area contributed by atoms with Gasteiger partial charge in [0.2, 0.25) is 0 Å². The van der Waals surface area contributed by atoms with E-state index in [9.17, 15) is 5.11 Å². The second-order valence-corrected chi connectivity index (χ2v) is 6.12. The number of aliphatic hydroxyl groups is 1. The maximum Gasteiger partial charge on any atom is 0.191 e. The van der Waals surface area contributed by atoms with E-state index in [0.717, 1.165) is 6.42 Å². The lowest BCUT2D eigenvalue weighted by molar-refractivity contribution is 0.158. The van der Waals surface area contributed by atoms with Crippen molar-refractivity contribution in [3.05, 3.63) is 53.4 Å². The Balaban J connectivity index is 0.00000364. The van der Waals surface area contributed by atoms with E-state index in [1.165, 1.54) is 6.26 Å². The van der Waals surface area contributed by atoms with E-state index in [2.05, 4.69) is 15.6 Å². The monoisotopic (exact) mass is 507 g/mol. The number of hydrogen-bond acceptors (Lipinski definition) is 4. The normalized spacial score (nSPS) is 13.4. The van der Waals surface area contributed by atoms with E-state index in [4.69, 9.17) is 20.8 Å². The van der Waals surface area contributed by atoms with Gasteiger partial charge in [-0.1, -0.05) is 30.7 Å². The molecule has 0 spiro atoms. The van der Waals surface area contributed by atoms with E-state index in [1.54, 1.807) is 18.2 Å². The van der Waals surface area contributed by atoms with E-state index in [0.29, 0.717) is 35.6 Å².